The zero-order valence-corrected chi connectivity index (χ0v) is 17.5. The van der Waals surface area contributed by atoms with Crippen molar-refractivity contribution in [2.75, 3.05) is 13.7 Å². The molecule has 0 spiro atoms. The van der Waals surface area contributed by atoms with Gasteiger partial charge in [-0.1, -0.05) is 47.3 Å². The molecule has 0 aliphatic heterocycles. The van der Waals surface area contributed by atoms with Crippen LogP contribution in [0.5, 0.6) is 0 Å². The SMILES string of the molecule is C=CCOC(=O)[C@H](O[Si](C)(C)C(C)(C)C)[C@@H](OC)[C@H](C)C(=O)CC. The molecule has 24 heavy (non-hydrogen) atoms. The van der Waals surface area contributed by atoms with Crippen molar-refractivity contribution in [1.29, 1.82) is 0 Å². The Kier molecular flexibility index (Phi) is 9.10. The first-order valence-corrected chi connectivity index (χ1v) is 11.3. The molecule has 3 atom stereocenters. The van der Waals surface area contributed by atoms with E-state index in [9.17, 15) is 9.59 Å². The molecule has 0 amide bonds. The van der Waals surface area contributed by atoms with E-state index in [1.807, 2.05) is 0 Å². The second kappa shape index (κ2) is 9.49. The highest BCUT2D eigenvalue weighted by Gasteiger charge is 2.45. The van der Waals surface area contributed by atoms with Gasteiger partial charge >= 0.3 is 5.97 Å². The minimum absolute atomic E-state index is 0.0298. The predicted molar refractivity (Wildman–Crippen MR) is 98.5 cm³/mol. The summed E-state index contributed by atoms with van der Waals surface area (Å²) in [5, 5.41) is -0.0831. The van der Waals surface area contributed by atoms with E-state index in [2.05, 4.69) is 40.4 Å². The quantitative estimate of drug-likeness (QED) is 0.338. The van der Waals surface area contributed by atoms with E-state index in [0.29, 0.717) is 6.42 Å². The Morgan fingerprint density at radius 2 is 1.79 bits per heavy atom. The molecule has 0 unspecified atom stereocenters. The summed E-state index contributed by atoms with van der Waals surface area (Å²) < 4.78 is 17.0. The number of carbonyl (C=O) groups is 2. The molecule has 0 fully saturated rings. The van der Waals surface area contributed by atoms with E-state index in [1.54, 1.807) is 13.8 Å². The molecule has 0 N–H and O–H groups in total. The lowest BCUT2D eigenvalue weighted by Gasteiger charge is -2.41. The van der Waals surface area contributed by atoms with Crippen LogP contribution in [0.15, 0.2) is 12.7 Å². The summed E-state index contributed by atoms with van der Waals surface area (Å²) in [5.74, 6) is -0.935. The number of carbonyl (C=O) groups excluding carboxylic acids is 2. The van der Waals surface area contributed by atoms with Gasteiger partial charge in [0, 0.05) is 19.4 Å². The molecule has 5 nitrogen and oxygen atoms in total. The summed E-state index contributed by atoms with van der Waals surface area (Å²) in [5.41, 5.74) is 0. The molecule has 6 heteroatoms. The number of hydrogen-bond donors (Lipinski definition) is 0. The third kappa shape index (κ3) is 6.15. The van der Waals surface area contributed by atoms with Crippen LogP contribution in [0.1, 0.15) is 41.0 Å². The number of esters is 1. The molecule has 0 aromatic rings. The number of hydrogen-bond acceptors (Lipinski definition) is 5. The highest BCUT2D eigenvalue weighted by molar-refractivity contribution is 6.74. The fourth-order valence-electron chi connectivity index (χ4n) is 2.06. The van der Waals surface area contributed by atoms with Gasteiger partial charge in [-0.3, -0.25) is 4.79 Å². The largest absolute Gasteiger partial charge is 0.460 e. The molecule has 0 saturated heterocycles. The molecule has 0 aromatic carbocycles. The molecule has 0 heterocycles. The Labute approximate surface area is 147 Å². The van der Waals surface area contributed by atoms with Gasteiger partial charge in [-0.15, -0.1) is 0 Å². The van der Waals surface area contributed by atoms with E-state index >= 15 is 0 Å². The van der Waals surface area contributed by atoms with Crippen molar-refractivity contribution >= 4 is 20.1 Å². The van der Waals surface area contributed by atoms with Gasteiger partial charge in [0.2, 0.25) is 0 Å². The number of Topliss-reactive ketones (excluding diaryl/α,β-unsaturated/α-hetero) is 1. The van der Waals surface area contributed by atoms with Gasteiger partial charge in [-0.05, 0) is 18.1 Å². The molecule has 0 aliphatic rings. The van der Waals surface area contributed by atoms with Crippen LogP contribution in [0.4, 0.5) is 0 Å². The molecule has 0 rings (SSSR count). The molecule has 140 valence electrons. The van der Waals surface area contributed by atoms with Crippen molar-refractivity contribution in [3.63, 3.8) is 0 Å². The first kappa shape index (κ1) is 23.0. The van der Waals surface area contributed by atoms with Crippen LogP contribution in [0.3, 0.4) is 0 Å². The van der Waals surface area contributed by atoms with Crippen molar-refractivity contribution in [3.8, 4) is 0 Å². The first-order chi connectivity index (χ1) is 10.9. The summed E-state index contributed by atoms with van der Waals surface area (Å²) in [6, 6.07) is 0. The van der Waals surface area contributed by atoms with Gasteiger partial charge in [-0.2, -0.15) is 0 Å². The summed E-state index contributed by atoms with van der Waals surface area (Å²) in [7, 11) is -0.765. The highest BCUT2D eigenvalue weighted by Crippen LogP contribution is 2.38. The van der Waals surface area contributed by atoms with Crippen molar-refractivity contribution < 1.29 is 23.5 Å². The molecular formula is C18H34O5Si. The smallest absolute Gasteiger partial charge is 0.337 e. The van der Waals surface area contributed by atoms with E-state index in [0.717, 1.165) is 0 Å². The normalized spacial score (nSPS) is 16.2. The zero-order valence-electron chi connectivity index (χ0n) is 16.5. The van der Waals surface area contributed by atoms with Crippen molar-refractivity contribution in [3.05, 3.63) is 12.7 Å². The maximum atomic E-state index is 12.6. The van der Waals surface area contributed by atoms with Crippen LogP contribution in [-0.4, -0.2) is 46.0 Å². The lowest BCUT2D eigenvalue weighted by Crippen LogP contribution is -2.53. The topological polar surface area (TPSA) is 61.8 Å². The summed E-state index contributed by atoms with van der Waals surface area (Å²) in [6.45, 7) is 17.6. The van der Waals surface area contributed by atoms with Gasteiger partial charge in [0.05, 0.1) is 0 Å². The Morgan fingerprint density at radius 3 is 2.17 bits per heavy atom. The third-order valence-electron chi connectivity index (χ3n) is 4.72. The minimum Gasteiger partial charge on any atom is -0.460 e. The van der Waals surface area contributed by atoms with Gasteiger partial charge < -0.3 is 13.9 Å². The Morgan fingerprint density at radius 1 is 1.25 bits per heavy atom. The standard InChI is InChI=1S/C18H34O5Si/c1-10-12-22-17(20)16(23-24(8,9)18(4,5)6)15(21-7)13(3)14(19)11-2/h10,13,15-16H,1,11-12H2,2-9H3/t13-,15+,16-/m1/s1. The van der Waals surface area contributed by atoms with Crippen molar-refractivity contribution in [2.45, 2.75) is 71.4 Å². The minimum atomic E-state index is -2.26. The number of methoxy groups -OCH3 is 1. The number of rotatable bonds is 10. The Balaban J connectivity index is 5.63. The summed E-state index contributed by atoms with van der Waals surface area (Å²) >= 11 is 0. The second-order valence-corrected chi connectivity index (χ2v) is 12.3. The molecule has 0 aromatic heterocycles. The first-order valence-electron chi connectivity index (χ1n) is 8.43. The predicted octanol–water partition coefficient (Wildman–Crippen LogP) is 3.74. The van der Waals surface area contributed by atoms with E-state index in [1.165, 1.54) is 13.2 Å². The number of ether oxygens (including phenoxy) is 2. The van der Waals surface area contributed by atoms with Gasteiger partial charge in [-0.25, -0.2) is 4.79 Å². The Hall–Kier alpha value is -0.983. The van der Waals surface area contributed by atoms with E-state index in [-0.39, 0.29) is 17.4 Å². The molecule has 0 aliphatic carbocycles. The fraction of sp³-hybridized carbons (Fsp3) is 0.778. The fourth-order valence-corrected chi connectivity index (χ4v) is 3.28. The molecule has 0 bridgehead atoms. The van der Waals surface area contributed by atoms with Gasteiger partial charge in [0.1, 0.15) is 18.5 Å². The summed E-state index contributed by atoms with van der Waals surface area (Å²) in [4.78, 5) is 24.7. The lowest BCUT2D eigenvalue weighted by atomic mass is 9.94. The maximum Gasteiger partial charge on any atom is 0.337 e. The summed E-state index contributed by atoms with van der Waals surface area (Å²) in [6.07, 6.45) is 0.282. The van der Waals surface area contributed by atoms with Crippen LogP contribution in [0.2, 0.25) is 18.1 Å². The van der Waals surface area contributed by atoms with E-state index in [4.69, 9.17) is 13.9 Å². The van der Waals surface area contributed by atoms with Crippen LogP contribution in [0.25, 0.3) is 0 Å². The molecule has 0 radical (unpaired) electrons. The van der Waals surface area contributed by atoms with Crippen LogP contribution < -0.4 is 0 Å². The lowest BCUT2D eigenvalue weighted by molar-refractivity contribution is -0.161. The Bertz CT molecular complexity index is 439. The average molecular weight is 359 g/mol. The third-order valence-corrected chi connectivity index (χ3v) is 9.18. The van der Waals surface area contributed by atoms with Gasteiger partial charge in [0.25, 0.3) is 0 Å². The maximum absolute atomic E-state index is 12.6. The van der Waals surface area contributed by atoms with Crippen molar-refractivity contribution in [1.82, 2.24) is 0 Å². The number of ketones is 1. The van der Waals surface area contributed by atoms with Crippen LogP contribution in [-0.2, 0) is 23.5 Å². The van der Waals surface area contributed by atoms with Crippen molar-refractivity contribution in [2.24, 2.45) is 5.92 Å². The van der Waals surface area contributed by atoms with Crippen LogP contribution in [0, 0.1) is 5.92 Å². The van der Waals surface area contributed by atoms with E-state index < -0.39 is 32.4 Å². The van der Waals surface area contributed by atoms with Gasteiger partial charge in [0.15, 0.2) is 14.4 Å². The zero-order chi connectivity index (χ0) is 19.1. The molecular weight excluding hydrogens is 324 g/mol. The monoisotopic (exact) mass is 358 g/mol. The highest BCUT2D eigenvalue weighted by atomic mass is 28.4. The van der Waals surface area contributed by atoms with Crippen LogP contribution >= 0.6 is 0 Å². The average Bonchev–Trinajstić information content (AvgIpc) is 2.49. The molecule has 0 saturated carbocycles. The second-order valence-electron chi connectivity index (χ2n) is 7.53.